The second-order valence-corrected chi connectivity index (χ2v) is 4.62. The van der Waals surface area contributed by atoms with Crippen LogP contribution in [0.2, 0.25) is 0 Å². The van der Waals surface area contributed by atoms with E-state index < -0.39 is 6.10 Å². The number of amidine groups is 1. The molecule has 6 heteroatoms. The fourth-order valence-electron chi connectivity index (χ4n) is 1.89. The molecule has 1 aromatic rings. The van der Waals surface area contributed by atoms with Crippen molar-refractivity contribution in [1.82, 2.24) is 4.90 Å². The zero-order valence-corrected chi connectivity index (χ0v) is 12.0. The number of carbonyl (C=O) groups excluding carboxylic acids is 1. The van der Waals surface area contributed by atoms with Crippen molar-refractivity contribution in [2.75, 3.05) is 14.2 Å². The van der Waals surface area contributed by atoms with Crippen molar-refractivity contribution < 1.29 is 14.7 Å². The Morgan fingerprint density at radius 1 is 1.45 bits per heavy atom. The molecule has 0 aliphatic rings. The summed E-state index contributed by atoms with van der Waals surface area (Å²) >= 11 is 0. The van der Waals surface area contributed by atoms with Crippen LogP contribution in [0.1, 0.15) is 25.0 Å². The van der Waals surface area contributed by atoms with Gasteiger partial charge in [-0.1, -0.05) is 35.5 Å². The third kappa shape index (κ3) is 3.96. The van der Waals surface area contributed by atoms with E-state index in [1.165, 1.54) is 7.11 Å². The quantitative estimate of drug-likeness (QED) is 0.356. The van der Waals surface area contributed by atoms with Crippen LogP contribution in [0.25, 0.3) is 0 Å². The number of nitrogens with zero attached hydrogens (tertiary/aromatic N) is 2. The predicted molar refractivity (Wildman–Crippen MR) is 76.4 cm³/mol. The number of rotatable bonds is 6. The standard InChI is InChI=1S/C14H21N3O3/c1-10(9-12(15)16-19)17(2)14(18)13(20-3)11-7-5-4-6-8-11/h4-8,10,13,19H,9H2,1-3H3,(H2,15,16). The lowest BCUT2D eigenvalue weighted by molar-refractivity contribution is -0.142. The summed E-state index contributed by atoms with van der Waals surface area (Å²) in [7, 11) is 3.17. The van der Waals surface area contributed by atoms with E-state index >= 15 is 0 Å². The topological polar surface area (TPSA) is 88.2 Å². The normalized spacial score (nSPS) is 14.7. The van der Waals surface area contributed by atoms with Crippen LogP contribution in [0.3, 0.4) is 0 Å². The van der Waals surface area contributed by atoms with Crippen molar-refractivity contribution in [2.45, 2.75) is 25.5 Å². The Kier molecular flexibility index (Phi) is 5.99. The lowest BCUT2D eigenvalue weighted by Gasteiger charge is -2.28. The zero-order valence-electron chi connectivity index (χ0n) is 12.0. The number of oxime groups is 1. The third-order valence-electron chi connectivity index (χ3n) is 3.20. The first-order valence-electron chi connectivity index (χ1n) is 6.32. The Hall–Kier alpha value is -2.08. The highest BCUT2D eigenvalue weighted by Gasteiger charge is 2.26. The van der Waals surface area contributed by atoms with Gasteiger partial charge in [-0.15, -0.1) is 0 Å². The van der Waals surface area contributed by atoms with Crippen LogP contribution in [-0.4, -0.2) is 42.0 Å². The zero-order chi connectivity index (χ0) is 15.1. The van der Waals surface area contributed by atoms with E-state index in [9.17, 15) is 4.79 Å². The van der Waals surface area contributed by atoms with Crippen molar-refractivity contribution in [3.05, 3.63) is 35.9 Å². The number of carbonyl (C=O) groups is 1. The molecule has 0 fully saturated rings. The molecule has 1 rings (SSSR count). The maximum Gasteiger partial charge on any atom is 0.256 e. The first-order valence-corrected chi connectivity index (χ1v) is 6.32. The molecule has 0 aliphatic heterocycles. The molecule has 0 aromatic heterocycles. The minimum atomic E-state index is -0.657. The molecule has 0 heterocycles. The molecule has 0 saturated heterocycles. The molecule has 0 spiro atoms. The molecule has 1 aromatic carbocycles. The van der Waals surface area contributed by atoms with Gasteiger partial charge >= 0.3 is 0 Å². The summed E-state index contributed by atoms with van der Waals surface area (Å²) in [6.07, 6.45) is -0.361. The molecule has 1 amide bonds. The summed E-state index contributed by atoms with van der Waals surface area (Å²) in [5.41, 5.74) is 6.26. The number of amides is 1. The third-order valence-corrected chi connectivity index (χ3v) is 3.20. The summed E-state index contributed by atoms with van der Waals surface area (Å²) in [5, 5.41) is 11.5. The Morgan fingerprint density at radius 3 is 2.55 bits per heavy atom. The Labute approximate surface area is 118 Å². The van der Waals surface area contributed by atoms with Crippen LogP contribution in [0, 0.1) is 0 Å². The molecule has 20 heavy (non-hydrogen) atoms. The summed E-state index contributed by atoms with van der Waals surface area (Å²) in [6.45, 7) is 1.83. The lowest BCUT2D eigenvalue weighted by Crippen LogP contribution is -2.40. The first kappa shape index (κ1) is 16.0. The average molecular weight is 279 g/mol. The number of likely N-dealkylation sites (N-methyl/N-ethyl adjacent to an activating group) is 1. The van der Waals surface area contributed by atoms with Gasteiger partial charge < -0.3 is 20.6 Å². The molecule has 0 radical (unpaired) electrons. The van der Waals surface area contributed by atoms with E-state index in [1.54, 1.807) is 11.9 Å². The van der Waals surface area contributed by atoms with E-state index in [0.717, 1.165) is 5.56 Å². The Morgan fingerprint density at radius 2 is 2.05 bits per heavy atom. The number of benzene rings is 1. The van der Waals surface area contributed by atoms with Gasteiger partial charge in [-0.05, 0) is 12.5 Å². The fraction of sp³-hybridized carbons (Fsp3) is 0.429. The monoisotopic (exact) mass is 279 g/mol. The van der Waals surface area contributed by atoms with E-state index in [-0.39, 0.29) is 17.8 Å². The second-order valence-electron chi connectivity index (χ2n) is 4.62. The molecular weight excluding hydrogens is 258 g/mol. The molecule has 0 aliphatic carbocycles. The summed E-state index contributed by atoms with van der Waals surface area (Å²) in [6, 6.07) is 9.08. The Bertz CT molecular complexity index is 462. The van der Waals surface area contributed by atoms with Crippen LogP contribution in [0.5, 0.6) is 0 Å². The Balaban J connectivity index is 2.81. The molecule has 110 valence electrons. The average Bonchev–Trinajstić information content (AvgIpc) is 2.47. The van der Waals surface area contributed by atoms with Crippen molar-refractivity contribution in [3.8, 4) is 0 Å². The van der Waals surface area contributed by atoms with Crippen molar-refractivity contribution in [1.29, 1.82) is 0 Å². The van der Waals surface area contributed by atoms with Gasteiger partial charge in [0.25, 0.3) is 5.91 Å². The highest BCUT2D eigenvalue weighted by atomic mass is 16.5. The molecule has 2 atom stereocenters. The molecular formula is C14H21N3O3. The van der Waals surface area contributed by atoms with Crippen LogP contribution < -0.4 is 5.73 Å². The smallest absolute Gasteiger partial charge is 0.256 e. The van der Waals surface area contributed by atoms with Crippen LogP contribution >= 0.6 is 0 Å². The number of nitrogens with two attached hydrogens (primary N) is 1. The van der Waals surface area contributed by atoms with Gasteiger partial charge in [0.05, 0.1) is 0 Å². The lowest BCUT2D eigenvalue weighted by atomic mass is 10.1. The number of methoxy groups -OCH3 is 1. The van der Waals surface area contributed by atoms with E-state index in [2.05, 4.69) is 5.16 Å². The van der Waals surface area contributed by atoms with Crippen LogP contribution in [0.4, 0.5) is 0 Å². The van der Waals surface area contributed by atoms with E-state index in [1.807, 2.05) is 37.3 Å². The molecule has 3 N–H and O–H groups in total. The van der Waals surface area contributed by atoms with Gasteiger partial charge in [0.15, 0.2) is 6.10 Å². The SMILES string of the molecule is COC(C(=O)N(C)C(C)CC(N)=NO)c1ccccc1. The van der Waals surface area contributed by atoms with Gasteiger partial charge in [0, 0.05) is 26.6 Å². The molecule has 2 unspecified atom stereocenters. The number of ether oxygens (including phenoxy) is 1. The van der Waals surface area contributed by atoms with Crippen LogP contribution in [-0.2, 0) is 9.53 Å². The number of hydrogen-bond donors (Lipinski definition) is 2. The van der Waals surface area contributed by atoms with E-state index in [4.69, 9.17) is 15.7 Å². The van der Waals surface area contributed by atoms with Crippen LogP contribution in [0.15, 0.2) is 35.5 Å². The van der Waals surface area contributed by atoms with Gasteiger partial charge in [0.1, 0.15) is 5.84 Å². The minimum absolute atomic E-state index is 0.0887. The summed E-state index contributed by atoms with van der Waals surface area (Å²) in [4.78, 5) is 14.0. The maximum atomic E-state index is 12.4. The highest BCUT2D eigenvalue weighted by Crippen LogP contribution is 2.20. The molecule has 0 bridgehead atoms. The second kappa shape index (κ2) is 7.49. The first-order chi connectivity index (χ1) is 9.51. The van der Waals surface area contributed by atoms with Gasteiger partial charge in [-0.2, -0.15) is 0 Å². The van der Waals surface area contributed by atoms with E-state index in [0.29, 0.717) is 6.42 Å². The van der Waals surface area contributed by atoms with Crippen molar-refractivity contribution >= 4 is 11.7 Å². The maximum absolute atomic E-state index is 12.4. The van der Waals surface area contributed by atoms with Crippen molar-refractivity contribution in [2.24, 2.45) is 10.9 Å². The van der Waals surface area contributed by atoms with Gasteiger partial charge in [-0.3, -0.25) is 4.79 Å². The summed E-state index contributed by atoms with van der Waals surface area (Å²) in [5.74, 6) is -0.0808. The number of hydrogen-bond acceptors (Lipinski definition) is 4. The largest absolute Gasteiger partial charge is 0.409 e. The van der Waals surface area contributed by atoms with Gasteiger partial charge in [0.2, 0.25) is 0 Å². The fourth-order valence-corrected chi connectivity index (χ4v) is 1.89. The van der Waals surface area contributed by atoms with Gasteiger partial charge in [-0.25, -0.2) is 0 Å². The van der Waals surface area contributed by atoms with Crippen molar-refractivity contribution in [3.63, 3.8) is 0 Å². The molecule has 0 saturated carbocycles. The predicted octanol–water partition coefficient (Wildman–Crippen LogP) is 1.36. The minimum Gasteiger partial charge on any atom is -0.409 e. The highest BCUT2D eigenvalue weighted by molar-refractivity contribution is 5.84. The summed E-state index contributed by atoms with van der Waals surface area (Å²) < 4.78 is 5.30. The molecule has 6 nitrogen and oxygen atoms in total.